The molecule has 26 heavy (non-hydrogen) atoms. The summed E-state index contributed by atoms with van der Waals surface area (Å²) in [5.41, 5.74) is 0.424. The molecule has 1 aromatic heterocycles. The van der Waals surface area contributed by atoms with Crippen LogP contribution in [0.4, 0.5) is 5.69 Å². The average Bonchev–Trinajstić information content (AvgIpc) is 3.15. The molecule has 0 aliphatic carbocycles. The molecule has 1 aliphatic rings. The normalized spacial score (nSPS) is 15.7. The highest BCUT2D eigenvalue weighted by atomic mass is 35.5. The maximum absolute atomic E-state index is 12.3. The number of amides is 1. The van der Waals surface area contributed by atoms with E-state index in [1.165, 1.54) is 34.9 Å². The number of carbonyl (C=O) groups excluding carboxylic acids is 1. The standard InChI is InChI=1S/C17H11ClN2O4S2/c1-2-7-19-16(21)15(26-17(19)25)9-11-4-6-14(24-11)12-5-3-10(20(22)23)8-13(12)18/h2-6,8-9H,1,7H2/b15-9-. The molecule has 0 atom stereocenters. The van der Waals surface area contributed by atoms with E-state index in [1.807, 2.05) is 0 Å². The number of non-ortho nitro benzene ring substituents is 1. The van der Waals surface area contributed by atoms with Crippen LogP contribution in [-0.2, 0) is 4.79 Å². The van der Waals surface area contributed by atoms with E-state index in [9.17, 15) is 14.9 Å². The fourth-order valence-corrected chi connectivity index (χ4v) is 3.83. The third-order valence-corrected chi connectivity index (χ3v) is 5.20. The van der Waals surface area contributed by atoms with Gasteiger partial charge in [-0.1, -0.05) is 41.7 Å². The van der Waals surface area contributed by atoms with Crippen LogP contribution in [0.2, 0.25) is 5.02 Å². The Morgan fingerprint density at radius 3 is 2.81 bits per heavy atom. The molecule has 1 amide bonds. The molecule has 3 rings (SSSR count). The first-order valence-corrected chi connectivity index (χ1v) is 8.91. The summed E-state index contributed by atoms with van der Waals surface area (Å²) in [5.74, 6) is 0.692. The second-order valence-electron chi connectivity index (χ2n) is 5.20. The van der Waals surface area contributed by atoms with E-state index in [4.69, 9.17) is 28.2 Å². The Morgan fingerprint density at radius 1 is 1.38 bits per heavy atom. The van der Waals surface area contributed by atoms with Crippen LogP contribution in [-0.4, -0.2) is 26.6 Å². The van der Waals surface area contributed by atoms with Crippen LogP contribution in [0.25, 0.3) is 17.4 Å². The van der Waals surface area contributed by atoms with Crippen LogP contribution >= 0.6 is 35.6 Å². The van der Waals surface area contributed by atoms with Crippen molar-refractivity contribution in [1.29, 1.82) is 0 Å². The summed E-state index contributed by atoms with van der Waals surface area (Å²) in [6, 6.07) is 7.51. The second-order valence-corrected chi connectivity index (χ2v) is 7.29. The molecule has 1 fully saturated rings. The summed E-state index contributed by atoms with van der Waals surface area (Å²) in [5, 5.41) is 11.0. The van der Waals surface area contributed by atoms with Gasteiger partial charge in [-0.25, -0.2) is 0 Å². The second kappa shape index (κ2) is 7.45. The predicted octanol–water partition coefficient (Wildman–Crippen LogP) is 4.90. The van der Waals surface area contributed by atoms with Crippen molar-refractivity contribution in [2.75, 3.05) is 6.54 Å². The number of halogens is 1. The van der Waals surface area contributed by atoms with Crippen LogP contribution in [0.15, 0.2) is 52.3 Å². The zero-order valence-electron chi connectivity index (χ0n) is 13.2. The maximum Gasteiger partial charge on any atom is 0.270 e. The largest absolute Gasteiger partial charge is 0.457 e. The van der Waals surface area contributed by atoms with E-state index in [0.29, 0.717) is 32.9 Å². The lowest BCUT2D eigenvalue weighted by atomic mass is 10.1. The molecule has 0 bridgehead atoms. The van der Waals surface area contributed by atoms with Crippen LogP contribution in [0, 0.1) is 10.1 Å². The summed E-state index contributed by atoms with van der Waals surface area (Å²) in [6.07, 6.45) is 3.21. The van der Waals surface area contributed by atoms with Crippen LogP contribution in [0.5, 0.6) is 0 Å². The lowest BCUT2D eigenvalue weighted by Crippen LogP contribution is -2.27. The van der Waals surface area contributed by atoms with E-state index in [-0.39, 0.29) is 16.6 Å². The zero-order chi connectivity index (χ0) is 18.8. The highest BCUT2D eigenvalue weighted by Crippen LogP contribution is 2.35. The molecule has 1 aliphatic heterocycles. The van der Waals surface area contributed by atoms with E-state index >= 15 is 0 Å². The fourth-order valence-electron chi connectivity index (χ4n) is 2.31. The summed E-state index contributed by atoms with van der Waals surface area (Å²) in [4.78, 5) is 24.5. The number of nitro benzene ring substituents is 1. The minimum absolute atomic E-state index is 0.101. The molecule has 0 radical (unpaired) electrons. The Morgan fingerprint density at radius 2 is 2.15 bits per heavy atom. The predicted molar refractivity (Wildman–Crippen MR) is 106 cm³/mol. The monoisotopic (exact) mass is 406 g/mol. The Hall–Kier alpha value is -2.42. The van der Waals surface area contributed by atoms with E-state index in [2.05, 4.69) is 6.58 Å². The number of furan rings is 1. The smallest absolute Gasteiger partial charge is 0.270 e. The molecule has 1 saturated heterocycles. The molecular weight excluding hydrogens is 396 g/mol. The topological polar surface area (TPSA) is 76.6 Å². The van der Waals surface area contributed by atoms with Crippen LogP contribution in [0.1, 0.15) is 5.76 Å². The van der Waals surface area contributed by atoms with Gasteiger partial charge < -0.3 is 4.42 Å². The van der Waals surface area contributed by atoms with Crippen LogP contribution in [0.3, 0.4) is 0 Å². The first-order chi connectivity index (χ1) is 12.4. The molecule has 6 nitrogen and oxygen atoms in total. The maximum atomic E-state index is 12.3. The number of thiocarbonyl (C=S) groups is 1. The molecule has 0 N–H and O–H groups in total. The fraction of sp³-hybridized carbons (Fsp3) is 0.0588. The van der Waals surface area contributed by atoms with Crippen molar-refractivity contribution in [1.82, 2.24) is 4.90 Å². The number of thioether (sulfide) groups is 1. The van der Waals surface area contributed by atoms with Gasteiger partial charge in [0.2, 0.25) is 0 Å². The number of hydrogen-bond acceptors (Lipinski definition) is 6. The number of hydrogen-bond donors (Lipinski definition) is 0. The summed E-state index contributed by atoms with van der Waals surface area (Å²) < 4.78 is 6.18. The molecule has 2 heterocycles. The van der Waals surface area contributed by atoms with Crippen molar-refractivity contribution < 1.29 is 14.1 Å². The molecule has 132 valence electrons. The third-order valence-electron chi connectivity index (χ3n) is 3.51. The number of benzene rings is 1. The van der Waals surface area contributed by atoms with Crippen molar-refractivity contribution >= 4 is 57.6 Å². The molecule has 2 aromatic rings. The van der Waals surface area contributed by atoms with E-state index in [1.54, 1.807) is 24.3 Å². The van der Waals surface area contributed by atoms with Gasteiger partial charge in [0.05, 0.1) is 14.9 Å². The third kappa shape index (κ3) is 3.57. The summed E-state index contributed by atoms with van der Waals surface area (Å²) in [6.45, 7) is 3.96. The first-order valence-electron chi connectivity index (χ1n) is 7.31. The van der Waals surface area contributed by atoms with Gasteiger partial charge in [-0.2, -0.15) is 0 Å². The molecule has 0 unspecified atom stereocenters. The van der Waals surface area contributed by atoms with Gasteiger partial charge in [0.1, 0.15) is 15.8 Å². The Kier molecular flexibility index (Phi) is 5.26. The van der Waals surface area contributed by atoms with Gasteiger partial charge in [-0.05, 0) is 18.2 Å². The summed E-state index contributed by atoms with van der Waals surface area (Å²) in [7, 11) is 0. The van der Waals surface area contributed by atoms with Gasteiger partial charge in [0.15, 0.2) is 0 Å². The highest BCUT2D eigenvalue weighted by molar-refractivity contribution is 8.26. The number of carbonyl (C=O) groups is 1. The molecule has 0 spiro atoms. The highest BCUT2D eigenvalue weighted by Gasteiger charge is 2.31. The lowest BCUT2D eigenvalue weighted by Gasteiger charge is -2.10. The van der Waals surface area contributed by atoms with Crippen molar-refractivity contribution in [3.8, 4) is 11.3 Å². The van der Waals surface area contributed by atoms with Crippen molar-refractivity contribution in [3.63, 3.8) is 0 Å². The zero-order valence-corrected chi connectivity index (χ0v) is 15.6. The minimum Gasteiger partial charge on any atom is -0.457 e. The quantitative estimate of drug-likeness (QED) is 0.231. The van der Waals surface area contributed by atoms with Gasteiger partial charge in [-0.3, -0.25) is 19.8 Å². The minimum atomic E-state index is -0.519. The average molecular weight is 407 g/mol. The van der Waals surface area contributed by atoms with Gasteiger partial charge >= 0.3 is 0 Å². The Balaban J connectivity index is 1.87. The van der Waals surface area contributed by atoms with Gasteiger partial charge in [0, 0.05) is 30.3 Å². The molecule has 1 aromatic carbocycles. The lowest BCUT2D eigenvalue weighted by molar-refractivity contribution is -0.384. The molecule has 9 heteroatoms. The van der Waals surface area contributed by atoms with Crippen molar-refractivity contribution in [3.05, 3.63) is 68.8 Å². The van der Waals surface area contributed by atoms with Gasteiger partial charge in [0.25, 0.3) is 11.6 Å². The van der Waals surface area contributed by atoms with E-state index < -0.39 is 4.92 Å². The van der Waals surface area contributed by atoms with Crippen molar-refractivity contribution in [2.24, 2.45) is 0 Å². The first kappa shape index (κ1) is 18.4. The summed E-state index contributed by atoms with van der Waals surface area (Å²) >= 11 is 12.5. The number of rotatable bonds is 5. The van der Waals surface area contributed by atoms with Crippen LogP contribution < -0.4 is 0 Å². The molecule has 0 saturated carbocycles. The van der Waals surface area contributed by atoms with Gasteiger partial charge in [-0.15, -0.1) is 6.58 Å². The van der Waals surface area contributed by atoms with Crippen molar-refractivity contribution in [2.45, 2.75) is 0 Å². The van der Waals surface area contributed by atoms with E-state index in [0.717, 1.165) is 0 Å². The molecular formula is C17H11ClN2O4S2. The Labute approximate surface area is 163 Å². The number of nitro groups is 1. The number of nitrogens with zero attached hydrogens (tertiary/aromatic N) is 2. The Bertz CT molecular complexity index is 967. The SMILES string of the molecule is C=CCN1C(=O)/C(=C/c2ccc(-c3ccc([N+](=O)[O-])cc3Cl)o2)SC1=S.